The number of thiocarbonyl (C=S) groups is 1. The van der Waals surface area contributed by atoms with Gasteiger partial charge in [-0.25, -0.2) is 9.98 Å². The van der Waals surface area contributed by atoms with E-state index in [9.17, 15) is 0 Å². The number of rotatable bonds is 1. The molecule has 0 amide bonds. The van der Waals surface area contributed by atoms with E-state index >= 15 is 0 Å². The van der Waals surface area contributed by atoms with Gasteiger partial charge in [0, 0.05) is 11.8 Å². The molecular weight excluding hydrogens is 212 g/mol. The molecule has 15 heavy (non-hydrogen) atoms. The topological polar surface area (TPSA) is 101 Å². The zero-order chi connectivity index (χ0) is 10.8. The highest BCUT2D eigenvalue weighted by Crippen LogP contribution is 2.19. The Bertz CT molecular complexity index is 429. The van der Waals surface area contributed by atoms with E-state index in [4.69, 9.17) is 23.7 Å². The highest BCUT2D eigenvalue weighted by molar-refractivity contribution is 7.80. The SMILES string of the molecule is NC1=N[C@H](c2cccnc2N)NC(=S)N1. The van der Waals surface area contributed by atoms with E-state index in [1.54, 1.807) is 12.3 Å². The number of nitrogen functional groups attached to an aromatic ring is 1. The Balaban J connectivity index is 2.36. The van der Waals surface area contributed by atoms with E-state index in [-0.39, 0.29) is 12.1 Å². The Morgan fingerprint density at radius 2 is 2.20 bits per heavy atom. The van der Waals surface area contributed by atoms with Gasteiger partial charge in [-0.3, -0.25) is 0 Å². The Morgan fingerprint density at radius 3 is 2.87 bits per heavy atom. The smallest absolute Gasteiger partial charge is 0.197 e. The van der Waals surface area contributed by atoms with Crippen molar-refractivity contribution in [3.63, 3.8) is 0 Å². The summed E-state index contributed by atoms with van der Waals surface area (Å²) in [7, 11) is 0. The van der Waals surface area contributed by atoms with Crippen LogP contribution in [0.1, 0.15) is 11.7 Å². The van der Waals surface area contributed by atoms with Crippen LogP contribution >= 0.6 is 12.2 Å². The molecule has 0 spiro atoms. The van der Waals surface area contributed by atoms with Gasteiger partial charge in [-0.2, -0.15) is 0 Å². The number of aliphatic imine (C=N–C) groups is 1. The summed E-state index contributed by atoms with van der Waals surface area (Å²) in [4.78, 5) is 8.10. The summed E-state index contributed by atoms with van der Waals surface area (Å²) >= 11 is 4.96. The molecule has 0 fully saturated rings. The first-order chi connectivity index (χ1) is 7.16. The molecule has 1 atom stereocenters. The summed E-state index contributed by atoms with van der Waals surface area (Å²) < 4.78 is 0. The number of guanidine groups is 1. The minimum atomic E-state index is -0.368. The van der Waals surface area contributed by atoms with Crippen LogP contribution < -0.4 is 22.1 Å². The van der Waals surface area contributed by atoms with E-state index in [1.807, 2.05) is 6.07 Å². The quantitative estimate of drug-likeness (QED) is 0.476. The van der Waals surface area contributed by atoms with Gasteiger partial charge >= 0.3 is 0 Å². The van der Waals surface area contributed by atoms with Crippen molar-refractivity contribution in [3.8, 4) is 0 Å². The predicted molar refractivity (Wildman–Crippen MR) is 61.9 cm³/mol. The van der Waals surface area contributed by atoms with E-state index < -0.39 is 0 Å². The fourth-order valence-electron chi connectivity index (χ4n) is 1.29. The van der Waals surface area contributed by atoms with Gasteiger partial charge in [-0.05, 0) is 24.4 Å². The molecule has 0 bridgehead atoms. The lowest BCUT2D eigenvalue weighted by atomic mass is 10.2. The fraction of sp³-hybridized carbons (Fsp3) is 0.125. The lowest BCUT2D eigenvalue weighted by Crippen LogP contribution is -2.49. The van der Waals surface area contributed by atoms with E-state index in [2.05, 4.69) is 20.6 Å². The highest BCUT2D eigenvalue weighted by Gasteiger charge is 2.19. The molecule has 7 heteroatoms. The second kappa shape index (κ2) is 3.70. The van der Waals surface area contributed by atoms with Crippen molar-refractivity contribution in [2.45, 2.75) is 6.17 Å². The molecule has 78 valence electrons. The van der Waals surface area contributed by atoms with Crippen molar-refractivity contribution in [1.29, 1.82) is 0 Å². The van der Waals surface area contributed by atoms with E-state index in [0.29, 0.717) is 10.9 Å². The zero-order valence-electron chi connectivity index (χ0n) is 7.77. The van der Waals surface area contributed by atoms with Crippen molar-refractivity contribution >= 4 is 29.1 Å². The van der Waals surface area contributed by atoms with Crippen LogP contribution in [0, 0.1) is 0 Å². The number of nitrogens with one attached hydrogen (secondary N) is 2. The molecule has 2 rings (SSSR count). The van der Waals surface area contributed by atoms with Gasteiger partial charge in [0.05, 0.1) is 0 Å². The first kappa shape index (κ1) is 9.66. The van der Waals surface area contributed by atoms with Crippen LogP contribution in [0.25, 0.3) is 0 Å². The van der Waals surface area contributed by atoms with Crippen molar-refractivity contribution in [1.82, 2.24) is 15.6 Å². The Labute approximate surface area is 91.8 Å². The summed E-state index contributed by atoms with van der Waals surface area (Å²) in [5, 5.41) is 6.05. The number of hydrogen-bond donors (Lipinski definition) is 4. The lowest BCUT2D eigenvalue weighted by molar-refractivity contribution is 0.660. The zero-order valence-corrected chi connectivity index (χ0v) is 8.58. The van der Waals surface area contributed by atoms with Gasteiger partial charge in [0.2, 0.25) is 0 Å². The second-order valence-corrected chi connectivity index (χ2v) is 3.40. The van der Waals surface area contributed by atoms with Crippen molar-refractivity contribution in [2.75, 3.05) is 5.73 Å². The average molecular weight is 222 g/mol. The molecule has 1 aliphatic rings. The first-order valence-corrected chi connectivity index (χ1v) is 4.69. The van der Waals surface area contributed by atoms with Gasteiger partial charge in [0.15, 0.2) is 17.2 Å². The first-order valence-electron chi connectivity index (χ1n) is 4.28. The largest absolute Gasteiger partial charge is 0.383 e. The van der Waals surface area contributed by atoms with Crippen LogP contribution in [0.5, 0.6) is 0 Å². The van der Waals surface area contributed by atoms with Crippen molar-refractivity contribution < 1.29 is 0 Å². The van der Waals surface area contributed by atoms with Crippen LogP contribution in [-0.4, -0.2) is 16.1 Å². The third kappa shape index (κ3) is 1.96. The third-order valence-corrected chi connectivity index (χ3v) is 2.16. The standard InChI is InChI=1S/C8H10N6S/c9-5-4(2-1-3-11-5)6-12-7(10)14-8(15)13-6/h1-3,6H,(H2,9,11)(H4,10,12,13,14,15)/t6-/m0/s1. The van der Waals surface area contributed by atoms with Gasteiger partial charge in [-0.1, -0.05) is 0 Å². The van der Waals surface area contributed by atoms with Gasteiger partial charge in [0.1, 0.15) is 5.82 Å². The fourth-order valence-corrected chi connectivity index (χ4v) is 1.50. The van der Waals surface area contributed by atoms with Crippen LogP contribution in [0.4, 0.5) is 5.82 Å². The second-order valence-electron chi connectivity index (χ2n) is 2.99. The molecule has 0 aromatic carbocycles. The number of pyridine rings is 1. The molecule has 0 radical (unpaired) electrons. The molecule has 0 unspecified atom stereocenters. The molecule has 0 saturated carbocycles. The van der Waals surface area contributed by atoms with Crippen LogP contribution in [-0.2, 0) is 0 Å². The summed E-state index contributed by atoms with van der Waals surface area (Å²) in [6.45, 7) is 0. The predicted octanol–water partition coefficient (Wildman–Crippen LogP) is -0.545. The normalized spacial score (nSPS) is 20.1. The van der Waals surface area contributed by atoms with Gasteiger partial charge in [0.25, 0.3) is 0 Å². The van der Waals surface area contributed by atoms with Crippen molar-refractivity contribution in [3.05, 3.63) is 23.9 Å². The Hall–Kier alpha value is -1.89. The van der Waals surface area contributed by atoms with Gasteiger partial charge in [-0.15, -0.1) is 0 Å². The Morgan fingerprint density at radius 1 is 1.40 bits per heavy atom. The summed E-state index contributed by atoms with van der Waals surface area (Å²) in [5.41, 5.74) is 12.0. The molecule has 0 saturated heterocycles. The molecular formula is C8H10N6S. The van der Waals surface area contributed by atoms with Crippen LogP contribution in [0.2, 0.25) is 0 Å². The lowest BCUT2D eigenvalue weighted by Gasteiger charge is -2.23. The summed E-state index contributed by atoms with van der Waals surface area (Å²) in [6, 6.07) is 3.61. The molecule has 2 heterocycles. The number of hydrogen-bond acceptors (Lipinski definition) is 5. The minimum Gasteiger partial charge on any atom is -0.383 e. The summed E-state index contributed by atoms with van der Waals surface area (Å²) in [6.07, 6.45) is 1.25. The monoisotopic (exact) mass is 222 g/mol. The van der Waals surface area contributed by atoms with E-state index in [0.717, 1.165) is 5.56 Å². The van der Waals surface area contributed by atoms with E-state index in [1.165, 1.54) is 0 Å². The maximum Gasteiger partial charge on any atom is 0.197 e. The Kier molecular flexibility index (Phi) is 2.38. The number of nitrogens with two attached hydrogens (primary N) is 2. The minimum absolute atomic E-state index is 0.270. The molecule has 6 nitrogen and oxygen atoms in total. The number of aromatic nitrogens is 1. The maximum atomic E-state index is 5.72. The molecule has 1 aromatic rings. The number of anilines is 1. The van der Waals surface area contributed by atoms with Gasteiger partial charge < -0.3 is 22.1 Å². The average Bonchev–Trinajstić information content (AvgIpc) is 2.16. The highest BCUT2D eigenvalue weighted by atomic mass is 32.1. The molecule has 1 aliphatic heterocycles. The molecule has 1 aromatic heterocycles. The van der Waals surface area contributed by atoms with Crippen molar-refractivity contribution in [2.24, 2.45) is 10.7 Å². The third-order valence-electron chi connectivity index (χ3n) is 1.94. The summed E-state index contributed by atoms with van der Waals surface area (Å²) in [5.74, 6) is 0.684. The van der Waals surface area contributed by atoms with Crippen LogP contribution in [0.3, 0.4) is 0 Å². The number of nitrogens with zero attached hydrogens (tertiary/aromatic N) is 2. The molecule has 6 N–H and O–H groups in total. The molecule has 0 aliphatic carbocycles. The van der Waals surface area contributed by atoms with Crippen LogP contribution in [0.15, 0.2) is 23.3 Å². The maximum absolute atomic E-state index is 5.72.